The number of esters is 1. The number of carbonyl (C=O) groups is 3. The van der Waals surface area contributed by atoms with E-state index in [0.29, 0.717) is 54.2 Å². The van der Waals surface area contributed by atoms with E-state index in [-0.39, 0.29) is 28.7 Å². The molecule has 12 heteroatoms. The van der Waals surface area contributed by atoms with Crippen molar-refractivity contribution in [2.45, 2.75) is 32.7 Å². The summed E-state index contributed by atoms with van der Waals surface area (Å²) in [5.74, 6) is 4.67. The number of nitrogens with zero attached hydrogens (tertiary/aromatic N) is 4. The number of hydrogen-bond acceptors (Lipinski definition) is 9. The molecule has 1 saturated heterocycles. The van der Waals surface area contributed by atoms with Gasteiger partial charge in [0.1, 0.15) is 4.88 Å². The summed E-state index contributed by atoms with van der Waals surface area (Å²) in [6.45, 7) is 4.73. The standard InChI is InChI=1S/C22H29N7O4S/c1-4-10-33-22(32)17-13(2)25-20(34-17)21(31)29-9-8-16(12-29)26-19(30)15-7-5-6-14(11-15)18(23)27-28(3)24/h5-7,11,16H,4,8-10,12,24H2,1-3H3,(H2,23,27)(H,26,30). The number of amidine groups is 1. The molecule has 1 unspecified atom stereocenters. The van der Waals surface area contributed by atoms with Crippen LogP contribution < -0.4 is 16.9 Å². The van der Waals surface area contributed by atoms with Gasteiger partial charge in [-0.05, 0) is 31.9 Å². The summed E-state index contributed by atoms with van der Waals surface area (Å²) in [6, 6.07) is 6.54. The van der Waals surface area contributed by atoms with Crippen LogP contribution in [0.15, 0.2) is 29.4 Å². The van der Waals surface area contributed by atoms with Crippen molar-refractivity contribution in [3.8, 4) is 0 Å². The van der Waals surface area contributed by atoms with Crippen molar-refractivity contribution in [3.63, 3.8) is 0 Å². The molecular formula is C22H29N7O4S. The number of hydrazone groups is 1. The average Bonchev–Trinajstić information content (AvgIpc) is 3.43. The summed E-state index contributed by atoms with van der Waals surface area (Å²) in [5.41, 5.74) is 7.37. The molecule has 182 valence electrons. The van der Waals surface area contributed by atoms with E-state index in [1.807, 2.05) is 6.92 Å². The highest BCUT2D eigenvalue weighted by Crippen LogP contribution is 2.22. The fraction of sp³-hybridized carbons (Fsp3) is 0.409. The minimum absolute atomic E-state index is 0.189. The van der Waals surface area contributed by atoms with Gasteiger partial charge >= 0.3 is 5.97 Å². The average molecular weight is 488 g/mol. The van der Waals surface area contributed by atoms with E-state index in [2.05, 4.69) is 15.4 Å². The van der Waals surface area contributed by atoms with Gasteiger partial charge < -0.3 is 20.7 Å². The molecule has 1 aliphatic rings. The number of hydrogen-bond donors (Lipinski definition) is 3. The molecular weight excluding hydrogens is 458 g/mol. The van der Waals surface area contributed by atoms with Gasteiger partial charge in [-0.1, -0.05) is 19.1 Å². The van der Waals surface area contributed by atoms with Gasteiger partial charge in [-0.2, -0.15) is 0 Å². The Kier molecular flexibility index (Phi) is 8.18. The predicted molar refractivity (Wildman–Crippen MR) is 128 cm³/mol. The largest absolute Gasteiger partial charge is 0.461 e. The summed E-state index contributed by atoms with van der Waals surface area (Å²) in [7, 11) is 1.54. The summed E-state index contributed by atoms with van der Waals surface area (Å²) in [6.07, 6.45) is 1.32. The van der Waals surface area contributed by atoms with Crippen molar-refractivity contribution in [2.75, 3.05) is 26.7 Å². The van der Waals surface area contributed by atoms with Crippen molar-refractivity contribution in [1.82, 2.24) is 20.3 Å². The zero-order valence-electron chi connectivity index (χ0n) is 19.4. The van der Waals surface area contributed by atoms with E-state index in [0.717, 1.165) is 16.5 Å². The molecule has 0 radical (unpaired) electrons. The molecule has 0 aliphatic carbocycles. The van der Waals surface area contributed by atoms with Crippen molar-refractivity contribution < 1.29 is 19.1 Å². The first-order valence-corrected chi connectivity index (χ1v) is 11.7. The van der Waals surface area contributed by atoms with Crippen LogP contribution in [0.5, 0.6) is 0 Å². The van der Waals surface area contributed by atoms with Gasteiger partial charge in [0.2, 0.25) is 0 Å². The molecule has 0 saturated carbocycles. The third-order valence-corrected chi connectivity index (χ3v) is 6.22. The van der Waals surface area contributed by atoms with Gasteiger partial charge in [-0.25, -0.2) is 20.7 Å². The number of rotatable bonds is 8. The number of thiazole rings is 1. The Labute approximate surface area is 201 Å². The Hall–Kier alpha value is -3.51. The second-order valence-electron chi connectivity index (χ2n) is 7.92. The van der Waals surface area contributed by atoms with Crippen LogP contribution in [-0.4, -0.2) is 71.4 Å². The van der Waals surface area contributed by atoms with Gasteiger partial charge in [0.15, 0.2) is 10.8 Å². The molecule has 2 amide bonds. The SMILES string of the molecule is CCCOC(=O)c1sc(C(=O)N2CCC(NC(=O)c3cccc(/C(N)=N/N(C)N)c3)C2)nc1C. The van der Waals surface area contributed by atoms with Crippen molar-refractivity contribution in [3.05, 3.63) is 51.0 Å². The van der Waals surface area contributed by atoms with Crippen LogP contribution in [0.3, 0.4) is 0 Å². The molecule has 1 fully saturated rings. The van der Waals surface area contributed by atoms with Crippen LogP contribution >= 0.6 is 11.3 Å². The quantitative estimate of drug-likeness (QED) is 0.164. The number of benzene rings is 1. The molecule has 1 aromatic heterocycles. The zero-order chi connectivity index (χ0) is 24.8. The Morgan fingerprint density at radius 3 is 2.79 bits per heavy atom. The minimum Gasteiger partial charge on any atom is -0.461 e. The number of ether oxygens (including phenoxy) is 1. The summed E-state index contributed by atoms with van der Waals surface area (Å²) in [4.78, 5) is 44.1. The second kappa shape index (κ2) is 11.1. The smallest absolute Gasteiger partial charge is 0.350 e. The fourth-order valence-electron chi connectivity index (χ4n) is 3.45. The molecule has 1 aromatic carbocycles. The lowest BCUT2D eigenvalue weighted by atomic mass is 10.1. The third-order valence-electron chi connectivity index (χ3n) is 5.10. The predicted octanol–water partition coefficient (Wildman–Crippen LogP) is 1.09. The maximum atomic E-state index is 12.9. The number of aromatic nitrogens is 1. The first kappa shape index (κ1) is 25.1. The monoisotopic (exact) mass is 487 g/mol. The Morgan fingerprint density at radius 1 is 1.35 bits per heavy atom. The van der Waals surface area contributed by atoms with Crippen LogP contribution in [0.1, 0.15) is 60.9 Å². The number of carbonyl (C=O) groups excluding carboxylic acids is 3. The van der Waals surface area contributed by atoms with E-state index < -0.39 is 5.97 Å². The van der Waals surface area contributed by atoms with Crippen LogP contribution in [0, 0.1) is 6.92 Å². The van der Waals surface area contributed by atoms with E-state index >= 15 is 0 Å². The number of hydrazine groups is 1. The lowest BCUT2D eigenvalue weighted by Gasteiger charge is -2.16. The van der Waals surface area contributed by atoms with Crippen LogP contribution in [0.4, 0.5) is 0 Å². The van der Waals surface area contributed by atoms with Crippen molar-refractivity contribution in [1.29, 1.82) is 0 Å². The van der Waals surface area contributed by atoms with Crippen molar-refractivity contribution >= 4 is 35.0 Å². The van der Waals surface area contributed by atoms with Crippen LogP contribution in [0.2, 0.25) is 0 Å². The number of nitrogens with one attached hydrogen (secondary N) is 1. The molecule has 1 aliphatic heterocycles. The Balaban J connectivity index is 1.61. The lowest BCUT2D eigenvalue weighted by Crippen LogP contribution is -2.38. The van der Waals surface area contributed by atoms with Crippen LogP contribution in [-0.2, 0) is 4.74 Å². The molecule has 2 heterocycles. The lowest BCUT2D eigenvalue weighted by molar-refractivity contribution is 0.0509. The maximum absolute atomic E-state index is 12.9. The number of nitrogens with two attached hydrogens (primary N) is 2. The normalized spacial score (nSPS) is 15.8. The molecule has 0 bridgehead atoms. The van der Waals surface area contributed by atoms with Gasteiger partial charge in [0.05, 0.1) is 12.3 Å². The highest BCUT2D eigenvalue weighted by atomic mass is 32.1. The molecule has 5 N–H and O–H groups in total. The van der Waals surface area contributed by atoms with E-state index in [1.165, 1.54) is 0 Å². The molecule has 3 rings (SSSR count). The highest BCUT2D eigenvalue weighted by Gasteiger charge is 2.31. The number of aryl methyl sites for hydroxylation is 1. The highest BCUT2D eigenvalue weighted by molar-refractivity contribution is 7.15. The van der Waals surface area contributed by atoms with Gasteiger partial charge in [0, 0.05) is 37.3 Å². The summed E-state index contributed by atoms with van der Waals surface area (Å²) >= 11 is 1.03. The molecule has 1 atom stereocenters. The van der Waals surface area contributed by atoms with Gasteiger partial charge in [-0.3, -0.25) is 9.59 Å². The van der Waals surface area contributed by atoms with Crippen LogP contribution in [0.25, 0.3) is 0 Å². The fourth-order valence-corrected chi connectivity index (χ4v) is 4.38. The Morgan fingerprint density at radius 2 is 2.09 bits per heavy atom. The Bertz CT molecular complexity index is 1100. The first-order valence-electron chi connectivity index (χ1n) is 10.9. The number of likely N-dealkylation sites (tertiary alicyclic amines) is 1. The van der Waals surface area contributed by atoms with Gasteiger partial charge in [-0.15, -0.1) is 16.4 Å². The summed E-state index contributed by atoms with van der Waals surface area (Å²) < 4.78 is 5.16. The molecule has 11 nitrogen and oxygen atoms in total. The zero-order valence-corrected chi connectivity index (χ0v) is 20.2. The molecule has 0 spiro atoms. The molecule has 34 heavy (non-hydrogen) atoms. The summed E-state index contributed by atoms with van der Waals surface area (Å²) in [5, 5.41) is 8.22. The topological polar surface area (TPSA) is 156 Å². The second-order valence-corrected chi connectivity index (χ2v) is 8.92. The van der Waals surface area contributed by atoms with Gasteiger partial charge in [0.25, 0.3) is 11.8 Å². The third kappa shape index (κ3) is 6.08. The minimum atomic E-state index is -0.464. The molecule has 2 aromatic rings. The maximum Gasteiger partial charge on any atom is 0.350 e. The van der Waals surface area contributed by atoms with E-state index in [1.54, 1.807) is 43.1 Å². The van der Waals surface area contributed by atoms with E-state index in [4.69, 9.17) is 16.3 Å². The number of amides is 2. The van der Waals surface area contributed by atoms with Crippen molar-refractivity contribution in [2.24, 2.45) is 16.7 Å². The first-order chi connectivity index (χ1) is 16.2. The van der Waals surface area contributed by atoms with E-state index in [9.17, 15) is 14.4 Å².